The molecule has 0 bridgehead atoms. The molecule has 4 N–H and O–H groups in total. The standard InChI is InChI=1S/C39H47N7O7/c1-6-43(7-2)25-14-16-29-31(18-25)52-32-19-26(44(8-3)9-4)15-17-30(32)39(29)28-13-11-10-12-27(28)37(51)45(39)20-24-21-46(42-41-24)38-34(40-23(5)48)36(50)35(49)33(22-47)53-38/h10-19,21,33-36,38,47,49-50H,6-9,20,22H2,1-5H3,(H,40,48)/t33-,34-,35+,36+,38?/m1/s1. The van der Waals surface area contributed by atoms with Gasteiger partial charge in [0.1, 0.15) is 47.1 Å². The van der Waals surface area contributed by atoms with Crippen molar-refractivity contribution in [3.05, 3.63) is 94.8 Å². The molecule has 2 amide bonds. The molecule has 1 fully saturated rings. The second-order valence-electron chi connectivity index (χ2n) is 13.6. The lowest BCUT2D eigenvalue weighted by Crippen LogP contribution is -2.62. The van der Waals surface area contributed by atoms with Crippen molar-refractivity contribution in [2.45, 2.75) is 77.3 Å². The third-order valence-corrected chi connectivity index (χ3v) is 10.8. The summed E-state index contributed by atoms with van der Waals surface area (Å²) in [6.45, 7) is 12.4. The van der Waals surface area contributed by atoms with Gasteiger partial charge in [-0.05, 0) is 51.5 Å². The number of nitrogens with one attached hydrogen (secondary N) is 1. The van der Waals surface area contributed by atoms with Gasteiger partial charge in [-0.1, -0.05) is 35.5 Å². The smallest absolute Gasteiger partial charge is 0.255 e. The number of aliphatic hydroxyl groups excluding tert-OH is 3. The van der Waals surface area contributed by atoms with E-state index in [2.05, 4.69) is 89.5 Å². The van der Waals surface area contributed by atoms with Gasteiger partial charge in [-0.3, -0.25) is 9.59 Å². The van der Waals surface area contributed by atoms with Crippen LogP contribution in [0.1, 0.15) is 73.6 Å². The van der Waals surface area contributed by atoms with Crippen LogP contribution in [0.2, 0.25) is 0 Å². The maximum Gasteiger partial charge on any atom is 0.255 e. The van der Waals surface area contributed by atoms with Crippen molar-refractivity contribution >= 4 is 23.2 Å². The van der Waals surface area contributed by atoms with Gasteiger partial charge in [0.05, 0.1) is 19.3 Å². The second-order valence-corrected chi connectivity index (χ2v) is 13.6. The molecule has 3 aromatic carbocycles. The van der Waals surface area contributed by atoms with E-state index < -0.39 is 48.6 Å². The van der Waals surface area contributed by atoms with Crippen molar-refractivity contribution < 1.29 is 34.4 Å². The minimum absolute atomic E-state index is 0.0219. The van der Waals surface area contributed by atoms with Crippen LogP contribution in [0.5, 0.6) is 11.5 Å². The Morgan fingerprint density at radius 2 is 1.49 bits per heavy atom. The number of aliphatic hydroxyl groups is 3. The number of rotatable bonds is 11. The van der Waals surface area contributed by atoms with E-state index in [9.17, 15) is 24.9 Å². The molecule has 5 atom stereocenters. The number of fused-ring (bicyclic) bond motifs is 6. The van der Waals surface area contributed by atoms with Gasteiger partial charge in [0.25, 0.3) is 5.91 Å². The van der Waals surface area contributed by atoms with Crippen molar-refractivity contribution in [1.29, 1.82) is 0 Å². The lowest BCUT2D eigenvalue weighted by atomic mass is 9.74. The SMILES string of the molecule is CCN(CC)c1ccc2c(c1)Oc1cc(N(CC)CC)ccc1C21c2ccccc2C(=O)N1Cc1cn(C2O[C@H](CO)[C@H](O)[C@@H](O)[C@H]2NC(C)=O)nn1. The van der Waals surface area contributed by atoms with Crippen molar-refractivity contribution in [1.82, 2.24) is 25.2 Å². The van der Waals surface area contributed by atoms with E-state index in [1.807, 2.05) is 29.2 Å². The van der Waals surface area contributed by atoms with E-state index in [0.29, 0.717) is 22.8 Å². The Morgan fingerprint density at radius 3 is 2.06 bits per heavy atom. The number of aromatic nitrogens is 3. The highest BCUT2D eigenvalue weighted by Gasteiger charge is 2.56. The Hall–Kier alpha value is -5.02. The van der Waals surface area contributed by atoms with E-state index in [0.717, 1.165) is 54.2 Å². The molecule has 280 valence electrons. The first-order valence-electron chi connectivity index (χ1n) is 18.3. The Bertz CT molecular complexity index is 1930. The molecule has 3 aliphatic rings. The number of anilines is 2. The number of carbonyl (C=O) groups excluding carboxylic acids is 2. The minimum Gasteiger partial charge on any atom is -0.456 e. The number of hydrogen-bond donors (Lipinski definition) is 4. The summed E-state index contributed by atoms with van der Waals surface area (Å²) in [7, 11) is 0. The van der Waals surface area contributed by atoms with Gasteiger partial charge in [-0.25, -0.2) is 4.68 Å². The fourth-order valence-corrected chi connectivity index (χ4v) is 8.21. The van der Waals surface area contributed by atoms with E-state index in [1.165, 1.54) is 11.6 Å². The molecule has 7 rings (SSSR count). The molecule has 4 aromatic rings. The van der Waals surface area contributed by atoms with Gasteiger partial charge in [0, 0.05) is 73.3 Å². The van der Waals surface area contributed by atoms with Crippen LogP contribution in [0, 0.1) is 0 Å². The quantitative estimate of drug-likeness (QED) is 0.180. The number of benzene rings is 3. The second kappa shape index (κ2) is 14.4. The van der Waals surface area contributed by atoms with E-state index in [1.54, 1.807) is 6.20 Å². The summed E-state index contributed by atoms with van der Waals surface area (Å²) in [4.78, 5) is 33.2. The molecule has 0 saturated carbocycles. The summed E-state index contributed by atoms with van der Waals surface area (Å²) >= 11 is 0. The lowest BCUT2D eigenvalue weighted by Gasteiger charge is -2.44. The summed E-state index contributed by atoms with van der Waals surface area (Å²) in [6, 6.07) is 18.9. The topological polar surface area (TPSA) is 166 Å². The summed E-state index contributed by atoms with van der Waals surface area (Å²) in [5.74, 6) is 0.643. The normalized spacial score (nSPS) is 22.5. The molecule has 4 heterocycles. The van der Waals surface area contributed by atoms with Gasteiger partial charge < -0.3 is 44.8 Å². The molecule has 0 radical (unpaired) electrons. The molecule has 1 saturated heterocycles. The highest BCUT2D eigenvalue weighted by atomic mass is 16.5. The van der Waals surface area contributed by atoms with E-state index in [-0.39, 0.29) is 12.5 Å². The molecule has 1 aromatic heterocycles. The summed E-state index contributed by atoms with van der Waals surface area (Å²) in [5.41, 5.74) is 4.32. The van der Waals surface area contributed by atoms with E-state index in [4.69, 9.17) is 9.47 Å². The van der Waals surface area contributed by atoms with E-state index >= 15 is 0 Å². The van der Waals surface area contributed by atoms with Crippen LogP contribution in [0.3, 0.4) is 0 Å². The molecule has 0 aliphatic carbocycles. The predicted molar refractivity (Wildman–Crippen MR) is 197 cm³/mol. The van der Waals surface area contributed by atoms with Crippen LogP contribution in [-0.2, 0) is 21.6 Å². The average Bonchev–Trinajstić information content (AvgIpc) is 3.72. The summed E-state index contributed by atoms with van der Waals surface area (Å²) in [6.07, 6.45) is -3.56. The number of amides is 2. The van der Waals surface area contributed by atoms with Gasteiger partial charge in [0.15, 0.2) is 6.23 Å². The van der Waals surface area contributed by atoms with Crippen molar-refractivity contribution in [2.24, 2.45) is 0 Å². The number of carbonyl (C=O) groups is 2. The molecule has 53 heavy (non-hydrogen) atoms. The Labute approximate surface area is 308 Å². The average molecular weight is 726 g/mol. The largest absolute Gasteiger partial charge is 0.456 e. The molecule has 3 aliphatic heterocycles. The molecule has 14 nitrogen and oxygen atoms in total. The van der Waals surface area contributed by atoms with Crippen LogP contribution in [0.4, 0.5) is 11.4 Å². The predicted octanol–water partition coefficient (Wildman–Crippen LogP) is 3.14. The van der Waals surface area contributed by atoms with Gasteiger partial charge in [-0.15, -0.1) is 5.10 Å². The van der Waals surface area contributed by atoms with Crippen molar-refractivity contribution in [3.63, 3.8) is 0 Å². The third-order valence-electron chi connectivity index (χ3n) is 10.8. The van der Waals surface area contributed by atoms with Crippen molar-refractivity contribution in [3.8, 4) is 11.5 Å². The minimum atomic E-state index is -1.46. The van der Waals surface area contributed by atoms with Crippen LogP contribution >= 0.6 is 0 Å². The highest BCUT2D eigenvalue weighted by molar-refractivity contribution is 6.02. The number of hydrogen-bond acceptors (Lipinski definition) is 11. The van der Waals surface area contributed by atoms with Crippen LogP contribution in [0.25, 0.3) is 0 Å². The third kappa shape index (κ3) is 5.89. The fourth-order valence-electron chi connectivity index (χ4n) is 8.21. The number of nitrogens with zero attached hydrogens (tertiary/aromatic N) is 6. The zero-order chi connectivity index (χ0) is 37.6. The summed E-state index contributed by atoms with van der Waals surface area (Å²) < 4.78 is 14.1. The highest BCUT2D eigenvalue weighted by Crippen LogP contribution is 2.58. The fraction of sp³-hybridized carbons (Fsp3) is 0.436. The molecule has 1 spiro atoms. The van der Waals surface area contributed by atoms with Crippen LogP contribution in [0.15, 0.2) is 66.9 Å². The monoisotopic (exact) mass is 725 g/mol. The first kappa shape index (κ1) is 36.3. The Morgan fingerprint density at radius 1 is 0.887 bits per heavy atom. The maximum absolute atomic E-state index is 14.7. The van der Waals surface area contributed by atoms with Gasteiger partial charge in [0.2, 0.25) is 5.91 Å². The van der Waals surface area contributed by atoms with Crippen LogP contribution in [-0.4, -0.2) is 104 Å². The zero-order valence-electron chi connectivity index (χ0n) is 30.6. The molecule has 14 heteroatoms. The Balaban J connectivity index is 1.38. The first-order chi connectivity index (χ1) is 25.6. The first-order valence-corrected chi connectivity index (χ1v) is 18.3. The maximum atomic E-state index is 14.7. The lowest BCUT2D eigenvalue weighted by molar-refractivity contribution is -0.219. The molecule has 1 unspecified atom stereocenters. The Kier molecular flexibility index (Phi) is 9.89. The van der Waals surface area contributed by atoms with Gasteiger partial charge in [-0.2, -0.15) is 0 Å². The molecular weight excluding hydrogens is 678 g/mol. The van der Waals surface area contributed by atoms with Crippen molar-refractivity contribution in [2.75, 3.05) is 42.6 Å². The summed E-state index contributed by atoms with van der Waals surface area (Å²) in [5, 5.41) is 42.8. The zero-order valence-corrected chi connectivity index (χ0v) is 30.6. The number of ether oxygens (including phenoxy) is 2. The molecular formula is C39H47N7O7. The van der Waals surface area contributed by atoms with Crippen LogP contribution < -0.4 is 19.9 Å². The van der Waals surface area contributed by atoms with Gasteiger partial charge >= 0.3 is 0 Å².